The van der Waals surface area contributed by atoms with E-state index >= 15 is 0 Å². The van der Waals surface area contributed by atoms with E-state index in [1.165, 1.54) is 5.56 Å². The van der Waals surface area contributed by atoms with Gasteiger partial charge in [-0.25, -0.2) is 4.79 Å². The van der Waals surface area contributed by atoms with Gasteiger partial charge in [-0.3, -0.25) is 0 Å². The van der Waals surface area contributed by atoms with Crippen LogP contribution in [0.3, 0.4) is 0 Å². The quantitative estimate of drug-likeness (QED) is 0.881. The molecule has 2 aromatic rings. The summed E-state index contributed by atoms with van der Waals surface area (Å²) in [5.41, 5.74) is 3.21. The second-order valence-corrected chi connectivity index (χ2v) is 5.55. The Morgan fingerprint density at radius 3 is 2.24 bits per heavy atom. The van der Waals surface area contributed by atoms with Crippen molar-refractivity contribution < 1.29 is 4.79 Å². The molecule has 0 radical (unpaired) electrons. The number of carbonyl (C=O) groups is 1. The fraction of sp³-hybridized carbons (Fsp3) is 0.278. The molecule has 3 heteroatoms. The summed E-state index contributed by atoms with van der Waals surface area (Å²) in [5, 5.41) is 2.92. The van der Waals surface area contributed by atoms with E-state index in [9.17, 15) is 4.79 Å². The smallest absolute Gasteiger partial charge is 0.321 e. The maximum Gasteiger partial charge on any atom is 0.321 e. The van der Waals surface area contributed by atoms with Crippen molar-refractivity contribution in [3.63, 3.8) is 0 Å². The lowest BCUT2D eigenvalue weighted by atomic mass is 10.0. The number of benzene rings is 2. The first-order valence-electron chi connectivity index (χ1n) is 7.22. The molecule has 0 aliphatic rings. The molecule has 0 spiro atoms. The molecule has 0 unspecified atom stereocenters. The Labute approximate surface area is 126 Å². The zero-order chi connectivity index (χ0) is 15.2. The first kappa shape index (κ1) is 15.1. The van der Waals surface area contributed by atoms with Gasteiger partial charge in [0.1, 0.15) is 0 Å². The largest absolute Gasteiger partial charge is 0.323 e. The van der Waals surface area contributed by atoms with Crippen LogP contribution in [0.4, 0.5) is 10.5 Å². The predicted octanol–water partition coefficient (Wildman–Crippen LogP) is 4.47. The Morgan fingerprint density at radius 1 is 1.05 bits per heavy atom. The highest BCUT2D eigenvalue weighted by Gasteiger charge is 2.09. The summed E-state index contributed by atoms with van der Waals surface area (Å²) in [7, 11) is 1.80. The molecular weight excluding hydrogens is 260 g/mol. The minimum atomic E-state index is -0.101. The second kappa shape index (κ2) is 6.93. The van der Waals surface area contributed by atoms with E-state index < -0.39 is 0 Å². The van der Waals surface area contributed by atoms with E-state index in [2.05, 4.69) is 31.3 Å². The number of hydrogen-bond acceptors (Lipinski definition) is 1. The Bertz CT molecular complexity index is 576. The molecule has 0 saturated carbocycles. The van der Waals surface area contributed by atoms with Crippen molar-refractivity contribution in [2.24, 2.45) is 0 Å². The van der Waals surface area contributed by atoms with Gasteiger partial charge in [0.15, 0.2) is 0 Å². The van der Waals surface area contributed by atoms with Gasteiger partial charge in [0.05, 0.1) is 0 Å². The summed E-state index contributed by atoms with van der Waals surface area (Å²) in [6, 6.07) is 17.9. The van der Waals surface area contributed by atoms with Crippen molar-refractivity contribution in [3.8, 4) is 0 Å². The highest BCUT2D eigenvalue weighted by molar-refractivity contribution is 5.89. The van der Waals surface area contributed by atoms with Crippen molar-refractivity contribution in [1.82, 2.24) is 4.90 Å². The van der Waals surface area contributed by atoms with Crippen LogP contribution in [-0.2, 0) is 6.54 Å². The lowest BCUT2D eigenvalue weighted by Crippen LogP contribution is -2.30. The molecule has 110 valence electrons. The van der Waals surface area contributed by atoms with Gasteiger partial charge in [-0.2, -0.15) is 0 Å². The zero-order valence-corrected chi connectivity index (χ0v) is 12.8. The average Bonchev–Trinajstić information content (AvgIpc) is 2.48. The van der Waals surface area contributed by atoms with Gasteiger partial charge < -0.3 is 10.2 Å². The van der Waals surface area contributed by atoms with Crippen LogP contribution in [0.15, 0.2) is 54.6 Å². The number of hydrogen-bond donors (Lipinski definition) is 1. The first-order chi connectivity index (χ1) is 10.1. The van der Waals surface area contributed by atoms with E-state index in [-0.39, 0.29) is 6.03 Å². The van der Waals surface area contributed by atoms with E-state index in [1.54, 1.807) is 11.9 Å². The van der Waals surface area contributed by atoms with Crippen LogP contribution < -0.4 is 5.32 Å². The van der Waals surface area contributed by atoms with Crippen LogP contribution in [0, 0.1) is 0 Å². The minimum absolute atomic E-state index is 0.101. The Hall–Kier alpha value is -2.29. The van der Waals surface area contributed by atoms with Crippen LogP contribution in [0.5, 0.6) is 0 Å². The third-order valence-electron chi connectivity index (χ3n) is 3.44. The fourth-order valence-electron chi connectivity index (χ4n) is 2.10. The zero-order valence-electron chi connectivity index (χ0n) is 12.8. The van der Waals surface area contributed by atoms with Crippen molar-refractivity contribution in [1.29, 1.82) is 0 Å². The monoisotopic (exact) mass is 282 g/mol. The lowest BCUT2D eigenvalue weighted by Gasteiger charge is -2.18. The molecule has 2 rings (SSSR count). The molecule has 3 nitrogen and oxygen atoms in total. The number of urea groups is 1. The summed E-state index contributed by atoms with van der Waals surface area (Å²) >= 11 is 0. The van der Waals surface area contributed by atoms with Crippen molar-refractivity contribution in [2.75, 3.05) is 12.4 Å². The van der Waals surface area contributed by atoms with Crippen LogP contribution in [0.2, 0.25) is 0 Å². The first-order valence-corrected chi connectivity index (χ1v) is 7.22. The Morgan fingerprint density at radius 2 is 1.67 bits per heavy atom. The van der Waals surface area contributed by atoms with Gasteiger partial charge in [0, 0.05) is 19.3 Å². The summed E-state index contributed by atoms with van der Waals surface area (Å²) in [6.07, 6.45) is 0. The highest BCUT2D eigenvalue weighted by atomic mass is 16.2. The molecule has 0 aliphatic carbocycles. The number of nitrogens with one attached hydrogen (secondary N) is 1. The SMILES string of the molecule is CC(C)c1ccc(NC(=O)N(C)Cc2ccccc2)cc1. The summed E-state index contributed by atoms with van der Waals surface area (Å²) in [4.78, 5) is 13.8. The standard InChI is InChI=1S/C18H22N2O/c1-14(2)16-9-11-17(12-10-16)19-18(21)20(3)13-15-7-5-4-6-8-15/h4-12,14H,13H2,1-3H3,(H,19,21). The summed E-state index contributed by atoms with van der Waals surface area (Å²) in [6.45, 7) is 4.90. The third-order valence-corrected chi connectivity index (χ3v) is 3.44. The van der Waals surface area contributed by atoms with E-state index in [0.29, 0.717) is 12.5 Å². The van der Waals surface area contributed by atoms with Gasteiger partial charge in [0.2, 0.25) is 0 Å². The van der Waals surface area contributed by atoms with E-state index in [1.807, 2.05) is 42.5 Å². The predicted molar refractivity (Wildman–Crippen MR) is 87.5 cm³/mol. The van der Waals surface area contributed by atoms with Gasteiger partial charge in [0.25, 0.3) is 0 Å². The fourth-order valence-corrected chi connectivity index (χ4v) is 2.10. The molecule has 0 aliphatic heterocycles. The van der Waals surface area contributed by atoms with Crippen molar-refractivity contribution in [3.05, 3.63) is 65.7 Å². The van der Waals surface area contributed by atoms with Crippen molar-refractivity contribution in [2.45, 2.75) is 26.3 Å². The van der Waals surface area contributed by atoms with Gasteiger partial charge >= 0.3 is 6.03 Å². The molecule has 0 saturated heterocycles. The molecule has 0 atom stereocenters. The molecule has 0 heterocycles. The average molecular weight is 282 g/mol. The summed E-state index contributed by atoms with van der Waals surface area (Å²) < 4.78 is 0. The molecule has 21 heavy (non-hydrogen) atoms. The van der Waals surface area contributed by atoms with Crippen LogP contribution >= 0.6 is 0 Å². The van der Waals surface area contributed by atoms with Crippen LogP contribution in [0.25, 0.3) is 0 Å². The van der Waals surface area contributed by atoms with Gasteiger partial charge in [-0.15, -0.1) is 0 Å². The maximum atomic E-state index is 12.2. The lowest BCUT2D eigenvalue weighted by molar-refractivity contribution is 0.220. The number of rotatable bonds is 4. The van der Waals surface area contributed by atoms with E-state index in [4.69, 9.17) is 0 Å². The molecule has 2 aromatic carbocycles. The normalized spacial score (nSPS) is 10.5. The minimum Gasteiger partial charge on any atom is -0.323 e. The summed E-state index contributed by atoms with van der Waals surface area (Å²) in [5.74, 6) is 0.496. The number of carbonyl (C=O) groups excluding carboxylic acids is 1. The van der Waals surface area contributed by atoms with Crippen LogP contribution in [-0.4, -0.2) is 18.0 Å². The number of amides is 2. The molecule has 0 fully saturated rings. The van der Waals surface area contributed by atoms with Gasteiger partial charge in [-0.05, 0) is 29.2 Å². The maximum absolute atomic E-state index is 12.2. The van der Waals surface area contributed by atoms with Crippen LogP contribution in [0.1, 0.15) is 30.9 Å². The molecule has 2 amide bonds. The molecule has 0 aromatic heterocycles. The Kier molecular flexibility index (Phi) is 4.99. The van der Waals surface area contributed by atoms with E-state index in [0.717, 1.165) is 11.3 Å². The topological polar surface area (TPSA) is 32.3 Å². The molecule has 0 bridgehead atoms. The second-order valence-electron chi connectivity index (χ2n) is 5.55. The molecule has 1 N–H and O–H groups in total. The van der Waals surface area contributed by atoms with Gasteiger partial charge in [-0.1, -0.05) is 56.3 Å². The highest BCUT2D eigenvalue weighted by Crippen LogP contribution is 2.17. The number of nitrogens with zero attached hydrogens (tertiary/aromatic N) is 1. The third kappa shape index (κ3) is 4.35. The number of anilines is 1. The Balaban J connectivity index is 1.94. The van der Waals surface area contributed by atoms with Crippen molar-refractivity contribution >= 4 is 11.7 Å². The molecular formula is C18H22N2O.